The number of hydrogen-bond acceptors (Lipinski definition) is 4. The second-order valence-corrected chi connectivity index (χ2v) is 7.01. The molecular weight excluding hydrogens is 282 g/mol. The zero-order valence-corrected chi connectivity index (χ0v) is 13.3. The van der Waals surface area contributed by atoms with Gasteiger partial charge >= 0.3 is 0 Å². The first-order valence-electron chi connectivity index (χ1n) is 6.43. The fourth-order valence-electron chi connectivity index (χ4n) is 1.98. The van der Waals surface area contributed by atoms with Crippen LogP contribution in [-0.4, -0.2) is 16.9 Å². The number of aromatic nitrogens is 1. The number of halogens is 1. The molecule has 0 unspecified atom stereocenters. The van der Waals surface area contributed by atoms with Gasteiger partial charge in [0.1, 0.15) is 0 Å². The maximum atomic E-state index is 12.0. The van der Waals surface area contributed by atoms with E-state index in [2.05, 4.69) is 10.3 Å². The third-order valence-corrected chi connectivity index (χ3v) is 4.36. The number of hydrogen-bond donors (Lipinski definition) is 2. The number of nitrogens with zero attached hydrogens (tertiary/aromatic N) is 1. The molecule has 1 aromatic rings. The Labute approximate surface area is 124 Å². The molecule has 3 N–H and O–H groups in total. The molecule has 1 aliphatic carbocycles. The highest BCUT2D eigenvalue weighted by Crippen LogP contribution is 2.30. The Balaban J connectivity index is 0.00000180. The normalized spacial score (nSPS) is 16.2. The van der Waals surface area contributed by atoms with Crippen molar-refractivity contribution in [3.05, 3.63) is 10.6 Å². The topological polar surface area (TPSA) is 68.0 Å². The molecule has 19 heavy (non-hydrogen) atoms. The minimum atomic E-state index is -0.515. The van der Waals surface area contributed by atoms with Gasteiger partial charge < -0.3 is 11.1 Å². The van der Waals surface area contributed by atoms with E-state index >= 15 is 0 Å². The summed E-state index contributed by atoms with van der Waals surface area (Å²) in [6.07, 6.45) is 4.55. The quantitative estimate of drug-likeness (QED) is 0.882. The first-order valence-corrected chi connectivity index (χ1v) is 7.24. The number of nitrogens with one attached hydrogen (secondary N) is 1. The average Bonchev–Trinajstić information content (AvgIpc) is 2.68. The number of fused-ring (bicyclic) bond motifs is 1. The second kappa shape index (κ2) is 6.20. The molecule has 108 valence electrons. The molecule has 1 aromatic heterocycles. The van der Waals surface area contributed by atoms with Crippen molar-refractivity contribution in [1.29, 1.82) is 0 Å². The van der Waals surface area contributed by atoms with Gasteiger partial charge in [-0.05, 0) is 31.1 Å². The van der Waals surface area contributed by atoms with Crippen molar-refractivity contribution < 1.29 is 4.79 Å². The largest absolute Gasteiger partial charge is 0.319 e. The minimum Gasteiger partial charge on any atom is -0.319 e. The first kappa shape index (κ1) is 16.4. The van der Waals surface area contributed by atoms with Gasteiger partial charge in [0.15, 0.2) is 5.13 Å². The van der Waals surface area contributed by atoms with Gasteiger partial charge in [0, 0.05) is 4.88 Å². The van der Waals surface area contributed by atoms with E-state index in [0.29, 0.717) is 5.13 Å². The Morgan fingerprint density at radius 1 is 1.37 bits per heavy atom. The van der Waals surface area contributed by atoms with E-state index in [1.165, 1.54) is 17.7 Å². The lowest BCUT2D eigenvalue weighted by atomic mass is 9.87. The van der Waals surface area contributed by atoms with E-state index in [-0.39, 0.29) is 23.7 Å². The molecule has 0 bridgehead atoms. The number of aryl methyl sites for hydroxylation is 2. The Kier molecular flexibility index (Phi) is 5.35. The summed E-state index contributed by atoms with van der Waals surface area (Å²) in [5.74, 6) is -0.145. The summed E-state index contributed by atoms with van der Waals surface area (Å²) in [4.78, 5) is 17.8. The monoisotopic (exact) mass is 303 g/mol. The maximum absolute atomic E-state index is 12.0. The van der Waals surface area contributed by atoms with E-state index in [9.17, 15) is 4.79 Å². The highest BCUT2D eigenvalue weighted by atomic mass is 35.5. The zero-order chi connectivity index (χ0) is 13.3. The number of thiazole rings is 1. The molecule has 6 heteroatoms. The van der Waals surface area contributed by atoms with Crippen LogP contribution in [-0.2, 0) is 17.6 Å². The van der Waals surface area contributed by atoms with Gasteiger partial charge in [-0.25, -0.2) is 4.98 Å². The molecule has 1 amide bonds. The average molecular weight is 304 g/mol. The molecule has 0 radical (unpaired) electrons. The molecule has 2 rings (SSSR count). The van der Waals surface area contributed by atoms with Crippen LogP contribution in [0.5, 0.6) is 0 Å². The van der Waals surface area contributed by atoms with Crippen LogP contribution in [0.2, 0.25) is 0 Å². The Bertz CT molecular complexity index is 430. The van der Waals surface area contributed by atoms with Crippen LogP contribution in [0.15, 0.2) is 0 Å². The van der Waals surface area contributed by atoms with Crippen molar-refractivity contribution in [3.63, 3.8) is 0 Å². The van der Waals surface area contributed by atoms with Crippen LogP contribution in [0.25, 0.3) is 0 Å². The lowest BCUT2D eigenvalue weighted by Gasteiger charge is -2.25. The Morgan fingerprint density at radius 2 is 2.00 bits per heavy atom. The number of rotatable bonds is 2. The molecule has 1 atom stereocenters. The fourth-order valence-corrected chi connectivity index (χ4v) is 3.03. The molecule has 0 aromatic carbocycles. The first-order chi connectivity index (χ1) is 8.38. The minimum absolute atomic E-state index is 0. The van der Waals surface area contributed by atoms with Gasteiger partial charge in [-0.3, -0.25) is 4.79 Å². The lowest BCUT2D eigenvalue weighted by molar-refractivity contribution is -0.119. The molecule has 0 aliphatic heterocycles. The summed E-state index contributed by atoms with van der Waals surface area (Å²) in [6.45, 7) is 5.89. The van der Waals surface area contributed by atoms with Gasteiger partial charge in [0.2, 0.25) is 5.91 Å². The highest BCUT2D eigenvalue weighted by molar-refractivity contribution is 7.15. The predicted molar refractivity (Wildman–Crippen MR) is 82.1 cm³/mol. The number of anilines is 1. The maximum Gasteiger partial charge on any atom is 0.243 e. The predicted octanol–water partition coefficient (Wildman–Crippen LogP) is 2.76. The summed E-state index contributed by atoms with van der Waals surface area (Å²) in [6, 6.07) is -0.515. The third kappa shape index (κ3) is 3.91. The standard InChI is InChI=1S/C13H21N3OS.ClH/c1-13(2,3)10(14)11(17)16-12-15-8-6-4-5-7-9(8)18-12;/h10H,4-7,14H2,1-3H3,(H,15,16,17);1H/t10-;/m1./s1. The van der Waals surface area contributed by atoms with Crippen molar-refractivity contribution in [2.75, 3.05) is 5.32 Å². The van der Waals surface area contributed by atoms with Gasteiger partial charge in [-0.15, -0.1) is 23.7 Å². The van der Waals surface area contributed by atoms with E-state index in [4.69, 9.17) is 5.73 Å². The number of nitrogens with two attached hydrogens (primary N) is 1. The summed E-state index contributed by atoms with van der Waals surface area (Å²) < 4.78 is 0. The van der Waals surface area contributed by atoms with Crippen molar-refractivity contribution in [2.45, 2.75) is 52.5 Å². The Hall–Kier alpha value is -0.650. The van der Waals surface area contributed by atoms with Gasteiger partial charge in [-0.1, -0.05) is 20.8 Å². The SMILES string of the molecule is CC(C)(C)[C@H](N)C(=O)Nc1nc2c(s1)CCCC2.Cl. The van der Waals surface area contributed by atoms with Crippen molar-refractivity contribution in [2.24, 2.45) is 11.1 Å². The summed E-state index contributed by atoms with van der Waals surface area (Å²) in [5, 5.41) is 3.55. The van der Waals surface area contributed by atoms with E-state index < -0.39 is 6.04 Å². The smallest absolute Gasteiger partial charge is 0.243 e. The third-order valence-electron chi connectivity index (χ3n) is 3.29. The van der Waals surface area contributed by atoms with Crippen LogP contribution in [0.3, 0.4) is 0 Å². The molecule has 0 saturated carbocycles. The number of carbonyl (C=O) groups excluding carboxylic acids is 1. The Morgan fingerprint density at radius 3 is 2.58 bits per heavy atom. The summed E-state index contributed by atoms with van der Waals surface area (Å²) >= 11 is 1.59. The van der Waals surface area contributed by atoms with E-state index in [1.807, 2.05) is 20.8 Å². The van der Waals surface area contributed by atoms with Crippen LogP contribution in [0, 0.1) is 5.41 Å². The number of amides is 1. The molecule has 4 nitrogen and oxygen atoms in total. The van der Waals surface area contributed by atoms with Crippen molar-refractivity contribution in [1.82, 2.24) is 4.98 Å². The van der Waals surface area contributed by atoms with Gasteiger partial charge in [-0.2, -0.15) is 0 Å². The second-order valence-electron chi connectivity index (χ2n) is 5.93. The van der Waals surface area contributed by atoms with Crippen LogP contribution in [0.1, 0.15) is 44.2 Å². The zero-order valence-electron chi connectivity index (χ0n) is 11.7. The molecule has 1 heterocycles. The van der Waals surface area contributed by atoms with E-state index in [1.54, 1.807) is 11.3 Å². The van der Waals surface area contributed by atoms with Gasteiger partial charge in [0.25, 0.3) is 0 Å². The molecule has 0 spiro atoms. The van der Waals surface area contributed by atoms with Crippen LogP contribution < -0.4 is 11.1 Å². The lowest BCUT2D eigenvalue weighted by Crippen LogP contribution is -2.45. The molecule has 0 fully saturated rings. The van der Waals surface area contributed by atoms with Crippen LogP contribution in [0.4, 0.5) is 5.13 Å². The van der Waals surface area contributed by atoms with Crippen molar-refractivity contribution in [3.8, 4) is 0 Å². The molecule has 1 aliphatic rings. The molecule has 0 saturated heterocycles. The van der Waals surface area contributed by atoms with Crippen molar-refractivity contribution >= 4 is 34.8 Å². The number of carbonyl (C=O) groups is 1. The summed E-state index contributed by atoms with van der Waals surface area (Å²) in [5.41, 5.74) is 6.85. The summed E-state index contributed by atoms with van der Waals surface area (Å²) in [7, 11) is 0. The van der Waals surface area contributed by atoms with Gasteiger partial charge in [0.05, 0.1) is 11.7 Å². The highest BCUT2D eigenvalue weighted by Gasteiger charge is 2.28. The molecular formula is C13H22ClN3OS. The fraction of sp³-hybridized carbons (Fsp3) is 0.692. The van der Waals surface area contributed by atoms with E-state index in [0.717, 1.165) is 18.5 Å². The van der Waals surface area contributed by atoms with Crippen LogP contribution >= 0.6 is 23.7 Å².